The summed E-state index contributed by atoms with van der Waals surface area (Å²) in [6.45, 7) is 0.593. The number of nitrogens with one attached hydrogen (secondary N) is 4. The zero-order chi connectivity index (χ0) is 78.2. The second-order valence-electron chi connectivity index (χ2n) is 25.7. The number of rotatable bonds is 36. The fraction of sp³-hybridized carbons (Fsp3) is 0.556. The van der Waals surface area contributed by atoms with E-state index in [9.17, 15) is 89.1 Å². The third-order valence-corrected chi connectivity index (χ3v) is 16.8. The summed E-state index contributed by atoms with van der Waals surface area (Å²) >= 11 is 0. The van der Waals surface area contributed by atoms with Crippen molar-refractivity contribution in [2.75, 3.05) is 168 Å². The molecule has 0 bridgehead atoms. The molecule has 0 spiro atoms. The molecule has 2 aromatic heterocycles. The van der Waals surface area contributed by atoms with Gasteiger partial charge in [-0.2, -0.15) is 0 Å². The predicted molar refractivity (Wildman–Crippen MR) is 368 cm³/mol. The Morgan fingerprint density at radius 3 is 1.08 bits per heavy atom. The summed E-state index contributed by atoms with van der Waals surface area (Å²) in [4.78, 5) is 208. The number of unbranched alkanes of at least 4 members (excludes halogenated alkanes) is 1. The van der Waals surface area contributed by atoms with Gasteiger partial charge in [0.2, 0.25) is 101 Å². The van der Waals surface area contributed by atoms with Crippen LogP contribution in [0.2, 0.25) is 0 Å². The van der Waals surface area contributed by atoms with Crippen LogP contribution in [0.1, 0.15) is 57.3 Å². The quantitative estimate of drug-likeness (QED) is 0.0270. The van der Waals surface area contributed by atoms with Gasteiger partial charge >= 0.3 is 6.09 Å². The van der Waals surface area contributed by atoms with Crippen molar-refractivity contribution in [1.29, 1.82) is 0 Å². The van der Waals surface area contributed by atoms with E-state index in [2.05, 4.69) is 41.2 Å². The molecule has 0 fully saturated rings. The van der Waals surface area contributed by atoms with E-state index in [0.717, 1.165) is 61.5 Å². The number of carbonyl (C=O) groups excluding carboxylic acids is 14. The molecule has 0 aliphatic rings. The minimum absolute atomic E-state index is 0.0148. The molecule has 0 aliphatic carbocycles. The summed E-state index contributed by atoms with van der Waals surface area (Å²) < 4.78 is 53.3. The van der Waals surface area contributed by atoms with Crippen LogP contribution in [0.3, 0.4) is 0 Å². The normalized spacial score (nSPS) is 11.8. The zero-order valence-corrected chi connectivity index (χ0v) is 62.4. The van der Waals surface area contributed by atoms with Crippen molar-refractivity contribution >= 4 is 103 Å². The molecule has 0 unspecified atom stereocenters. The van der Waals surface area contributed by atoms with E-state index in [0.29, 0.717) is 36.9 Å². The minimum atomic E-state index is -3.76. The summed E-state index contributed by atoms with van der Waals surface area (Å²) in [5.41, 5.74) is 0.612. The van der Waals surface area contributed by atoms with E-state index in [4.69, 9.17) is 4.74 Å². The number of sulfone groups is 2. The molecule has 2 heterocycles. The van der Waals surface area contributed by atoms with E-state index >= 15 is 0 Å². The lowest BCUT2D eigenvalue weighted by molar-refractivity contribution is -0.146. The molecule has 0 aliphatic heterocycles. The summed E-state index contributed by atoms with van der Waals surface area (Å²) in [7, 11) is 5.31. The molecule has 3 aromatic rings. The molecule has 38 nitrogen and oxygen atoms in total. The Hall–Kier alpha value is -10.4. The lowest BCUT2D eigenvalue weighted by Crippen LogP contribution is -2.53. The maximum atomic E-state index is 13.9. The van der Waals surface area contributed by atoms with Gasteiger partial charge in [0.1, 0.15) is 11.6 Å². The zero-order valence-electron chi connectivity index (χ0n) is 60.8. The van der Waals surface area contributed by atoms with E-state index in [1.165, 1.54) is 107 Å². The highest BCUT2D eigenvalue weighted by Crippen LogP contribution is 2.29. The van der Waals surface area contributed by atoms with E-state index in [1.54, 1.807) is 33.8 Å². The Morgan fingerprint density at radius 1 is 0.447 bits per heavy atom. The van der Waals surface area contributed by atoms with Crippen LogP contribution in [-0.2, 0) is 81.9 Å². The topological polar surface area (TPSA) is 469 Å². The number of hydrogen-bond donors (Lipinski definition) is 5. The lowest BCUT2D eigenvalue weighted by Gasteiger charge is -2.27. The van der Waals surface area contributed by atoms with E-state index in [1.807, 2.05) is 0 Å². The molecular weight excluding hydrogens is 1390 g/mol. The summed E-state index contributed by atoms with van der Waals surface area (Å²) in [6, 6.07) is 2.78. The highest BCUT2D eigenvalue weighted by atomic mass is 32.2. The molecule has 0 radical (unpaired) electrons. The van der Waals surface area contributed by atoms with Crippen LogP contribution in [0.15, 0.2) is 53.3 Å². The molecule has 2 atom stereocenters. The Morgan fingerprint density at radius 2 is 0.767 bits per heavy atom. The minimum Gasteiger partial charge on any atom is -0.444 e. The van der Waals surface area contributed by atoms with Gasteiger partial charge in [-0.1, -0.05) is 0 Å². The molecule has 14 amide bonds. The standard InChI is InChI=1S/C63H94N18O20S2/c1-40(19-17-18-20-64-62(96)101-63(2,3)4)70-58(94)46(39-82)71-47(83)28-65-48(84)29-72(5)49(85)30-73(6)50(86)31-74(7)51(87)32-75(8)52(88)33-76(9)53(89)34-77(10)54(90)35-78(11)55(91)36-79(12)56(92)37-80(13)57(93)38-81(14)59(95)43-22-41(44-24-66-60(67-25-44)102(15,97)98)21-42(23-43)45-26-68-61(69-27-45)103(16,99)100/h21-27,40,46,82H,17-20,28-39H2,1-16H3,(H,64,96)(H,65,84)(H,70,94)(H,71,83)/t40-,46-/m0/s1. The SMILES string of the molecule is C[C@@H](CCCCNC(=O)OC(C)(C)C)NC(=O)[C@H](CO)NC(=O)CNC(=O)CN(C)C(=O)CN(C)C(=O)CN(C)C(=O)CN(C)C(=O)CN(C)C(=O)CN(C)C(=O)CN(C)C(=O)CN(C)C(=O)CN(C)C(=O)CN(C)C(=O)c1cc(-c2cnc(S(C)(=O)=O)nc2)cc(-c2cnc(S(C)(=O)=O)nc2)c1. The average Bonchev–Trinajstić information content (AvgIpc) is 0.795. The first kappa shape index (κ1) is 86.8. The van der Waals surface area contributed by atoms with Crippen LogP contribution < -0.4 is 21.3 Å². The number of carbonyl (C=O) groups is 14. The van der Waals surface area contributed by atoms with Gasteiger partial charge in [0, 0.05) is 137 Å². The summed E-state index contributed by atoms with van der Waals surface area (Å²) in [5.74, 6) is -9.21. The first-order valence-electron chi connectivity index (χ1n) is 31.8. The predicted octanol–water partition coefficient (Wildman–Crippen LogP) is -4.60. The highest BCUT2D eigenvalue weighted by molar-refractivity contribution is 7.90. The van der Waals surface area contributed by atoms with Crippen molar-refractivity contribution in [3.8, 4) is 22.3 Å². The molecule has 0 saturated carbocycles. The molecule has 1 aromatic carbocycles. The van der Waals surface area contributed by atoms with Gasteiger partial charge in [-0.3, -0.25) is 62.3 Å². The van der Waals surface area contributed by atoms with Gasteiger partial charge in [-0.15, -0.1) is 0 Å². The van der Waals surface area contributed by atoms with Gasteiger partial charge in [-0.05, 0) is 76.3 Å². The largest absolute Gasteiger partial charge is 0.444 e. The van der Waals surface area contributed by atoms with Gasteiger partial charge in [0.05, 0.1) is 78.6 Å². The number of ether oxygens (including phenoxy) is 1. The Labute approximate surface area is 598 Å². The number of alkyl carbamates (subject to hydrolysis) is 1. The Bertz CT molecular complexity index is 3750. The molecule has 568 valence electrons. The maximum Gasteiger partial charge on any atom is 0.407 e. The van der Waals surface area contributed by atoms with Crippen molar-refractivity contribution in [2.45, 2.75) is 75.0 Å². The van der Waals surface area contributed by atoms with Crippen molar-refractivity contribution in [2.24, 2.45) is 0 Å². The van der Waals surface area contributed by atoms with Gasteiger partial charge in [0.25, 0.3) is 5.91 Å². The monoisotopic (exact) mass is 1490 g/mol. The van der Waals surface area contributed by atoms with E-state index < -0.39 is 203 Å². The van der Waals surface area contributed by atoms with Crippen molar-refractivity contribution in [3.05, 3.63) is 48.5 Å². The maximum absolute atomic E-state index is 13.9. The number of hydrogen-bond acceptors (Lipinski definition) is 24. The highest BCUT2D eigenvalue weighted by Gasteiger charge is 2.29. The van der Waals surface area contributed by atoms with Crippen LogP contribution in [-0.4, -0.2) is 360 Å². The van der Waals surface area contributed by atoms with Crippen LogP contribution in [0.4, 0.5) is 4.79 Å². The first-order chi connectivity index (χ1) is 47.7. The Balaban J connectivity index is 1.41. The smallest absolute Gasteiger partial charge is 0.407 e. The van der Waals surface area contributed by atoms with Gasteiger partial charge < -0.3 is 80.1 Å². The number of aliphatic hydroxyl groups is 1. The van der Waals surface area contributed by atoms with Crippen molar-refractivity contribution in [1.82, 2.24) is 90.2 Å². The first-order valence-corrected chi connectivity index (χ1v) is 35.5. The number of nitrogens with zero attached hydrogens (tertiary/aromatic N) is 14. The number of likely N-dealkylation sites (N-methyl/N-ethyl adjacent to an activating group) is 10. The Kier molecular flexibility index (Phi) is 33.0. The second-order valence-corrected chi connectivity index (χ2v) is 29.5. The number of aliphatic hydroxyl groups excluding tert-OH is 1. The second kappa shape index (κ2) is 39.2. The van der Waals surface area contributed by atoms with Crippen LogP contribution >= 0.6 is 0 Å². The van der Waals surface area contributed by atoms with Gasteiger partial charge in [-0.25, -0.2) is 41.6 Å². The molecule has 0 saturated heterocycles. The third kappa shape index (κ3) is 29.6. The molecule has 40 heteroatoms. The number of benzene rings is 1. The van der Waals surface area contributed by atoms with Crippen molar-refractivity contribution < 1.29 is 93.8 Å². The molecular formula is C63H94N18O20S2. The van der Waals surface area contributed by atoms with E-state index in [-0.39, 0.29) is 22.7 Å². The molecule has 103 heavy (non-hydrogen) atoms. The summed E-state index contributed by atoms with van der Waals surface area (Å²) in [5, 5.41) is 18.9. The summed E-state index contributed by atoms with van der Waals surface area (Å²) in [6.07, 6.45) is 8.00. The van der Waals surface area contributed by atoms with Crippen LogP contribution in [0.25, 0.3) is 22.3 Å². The fourth-order valence-corrected chi connectivity index (χ4v) is 9.76. The molecule has 5 N–H and O–H groups in total. The molecule has 3 rings (SSSR count). The lowest BCUT2D eigenvalue weighted by atomic mass is 9.98. The number of aromatic nitrogens is 4. The fourth-order valence-electron chi connectivity index (χ4n) is 8.78. The van der Waals surface area contributed by atoms with Gasteiger partial charge in [0.15, 0.2) is 0 Å². The average molecular weight is 1490 g/mol. The van der Waals surface area contributed by atoms with Crippen LogP contribution in [0.5, 0.6) is 0 Å². The third-order valence-electron chi connectivity index (χ3n) is 15.1. The number of amides is 14. The van der Waals surface area contributed by atoms with Crippen LogP contribution in [0, 0.1) is 0 Å². The van der Waals surface area contributed by atoms with Crippen molar-refractivity contribution in [3.63, 3.8) is 0 Å².